The molecule has 1 aliphatic rings. The lowest BCUT2D eigenvalue weighted by molar-refractivity contribution is 0.0746. The van der Waals surface area contributed by atoms with E-state index in [-0.39, 0.29) is 11.5 Å². The molecule has 1 amide bonds. The van der Waals surface area contributed by atoms with Gasteiger partial charge in [0.2, 0.25) is 11.8 Å². The van der Waals surface area contributed by atoms with Crippen LogP contribution in [0.4, 0.5) is 5.95 Å². The molecule has 0 saturated carbocycles. The average Bonchev–Trinajstić information content (AvgIpc) is 3.36. The summed E-state index contributed by atoms with van der Waals surface area (Å²) in [7, 11) is 0. The molecule has 3 heterocycles. The quantitative estimate of drug-likeness (QED) is 0.423. The van der Waals surface area contributed by atoms with Crippen LogP contribution in [0, 0.1) is 11.3 Å². The van der Waals surface area contributed by atoms with Gasteiger partial charge in [-0.2, -0.15) is 5.26 Å². The number of benzene rings is 3. The van der Waals surface area contributed by atoms with Crippen LogP contribution in [0.5, 0.6) is 0 Å². The molecular formula is C27H20N6O3. The van der Waals surface area contributed by atoms with Crippen LogP contribution < -0.4 is 10.5 Å². The fraction of sp³-hybridized carbons (Fsp3) is 0.148. The molecule has 36 heavy (non-hydrogen) atoms. The molecule has 0 spiro atoms. The molecule has 0 aliphatic carbocycles. The van der Waals surface area contributed by atoms with Gasteiger partial charge in [-0.25, -0.2) is 9.97 Å². The third-order valence-corrected chi connectivity index (χ3v) is 6.34. The first kappa shape index (κ1) is 21.6. The number of rotatable bonds is 3. The summed E-state index contributed by atoms with van der Waals surface area (Å²) in [5.41, 5.74) is 3.36. The van der Waals surface area contributed by atoms with Crippen molar-refractivity contribution in [2.45, 2.75) is 0 Å². The minimum absolute atomic E-state index is 0.0963. The molecule has 1 fully saturated rings. The Labute approximate surface area is 205 Å². The summed E-state index contributed by atoms with van der Waals surface area (Å²) in [5, 5.41) is 9.69. The number of para-hydroxylation sites is 1. The maximum absolute atomic E-state index is 13.2. The predicted molar refractivity (Wildman–Crippen MR) is 135 cm³/mol. The van der Waals surface area contributed by atoms with Gasteiger partial charge < -0.3 is 14.2 Å². The summed E-state index contributed by atoms with van der Waals surface area (Å²) in [4.78, 5) is 41.3. The summed E-state index contributed by atoms with van der Waals surface area (Å²) < 4.78 is 5.91. The van der Waals surface area contributed by atoms with E-state index in [9.17, 15) is 9.59 Å². The molecule has 6 rings (SSSR count). The Morgan fingerprint density at radius 2 is 1.78 bits per heavy atom. The number of carbonyl (C=O) groups excluding carboxylic acids is 1. The summed E-state index contributed by atoms with van der Waals surface area (Å²) in [6.07, 6.45) is 0. The number of aromatic amines is 1. The molecule has 1 saturated heterocycles. The second-order valence-corrected chi connectivity index (χ2v) is 8.58. The van der Waals surface area contributed by atoms with Crippen molar-refractivity contribution < 1.29 is 9.21 Å². The normalized spacial score (nSPS) is 13.8. The lowest BCUT2D eigenvalue weighted by Gasteiger charge is -2.35. The third-order valence-electron chi connectivity index (χ3n) is 6.34. The standard InChI is InChI=1S/C27H20N6O3/c28-16-17-4-3-5-18(14-17)25-29-22-9-8-19(15-23(22)36-25)26(35)32-10-12-33(13-11-32)27-30-21-7-2-1-6-20(21)24(34)31-27/h1-9,14-15H,10-13H2,(H,30,31,34). The largest absolute Gasteiger partial charge is 0.436 e. The van der Waals surface area contributed by atoms with Crippen molar-refractivity contribution >= 4 is 33.9 Å². The zero-order valence-corrected chi connectivity index (χ0v) is 19.1. The highest BCUT2D eigenvalue weighted by molar-refractivity contribution is 5.97. The number of nitrogens with zero attached hydrogens (tertiary/aromatic N) is 5. The van der Waals surface area contributed by atoms with E-state index in [1.807, 2.05) is 29.2 Å². The number of amides is 1. The lowest BCUT2D eigenvalue weighted by Crippen LogP contribution is -2.49. The Kier molecular flexibility index (Phi) is 5.19. The highest BCUT2D eigenvalue weighted by Crippen LogP contribution is 2.26. The van der Waals surface area contributed by atoms with Gasteiger partial charge in [0.15, 0.2) is 5.58 Å². The second-order valence-electron chi connectivity index (χ2n) is 8.58. The number of H-pyrrole nitrogens is 1. The first-order valence-corrected chi connectivity index (χ1v) is 11.5. The zero-order valence-electron chi connectivity index (χ0n) is 19.1. The molecule has 1 N–H and O–H groups in total. The highest BCUT2D eigenvalue weighted by Gasteiger charge is 2.24. The summed E-state index contributed by atoms with van der Waals surface area (Å²) >= 11 is 0. The van der Waals surface area contributed by atoms with E-state index in [0.717, 1.165) is 0 Å². The van der Waals surface area contributed by atoms with Gasteiger partial charge in [0.05, 0.1) is 22.5 Å². The van der Waals surface area contributed by atoms with Crippen molar-refractivity contribution in [3.05, 3.63) is 88.2 Å². The molecule has 9 nitrogen and oxygen atoms in total. The van der Waals surface area contributed by atoms with Crippen LogP contribution in [0.1, 0.15) is 15.9 Å². The summed E-state index contributed by atoms with van der Waals surface area (Å²) in [6, 6.07) is 21.6. The van der Waals surface area contributed by atoms with Gasteiger partial charge in [-0.1, -0.05) is 18.2 Å². The number of carbonyl (C=O) groups is 1. The topological polar surface area (TPSA) is 119 Å². The maximum Gasteiger partial charge on any atom is 0.260 e. The van der Waals surface area contributed by atoms with E-state index in [1.165, 1.54) is 0 Å². The number of hydrogen-bond donors (Lipinski definition) is 1. The van der Waals surface area contributed by atoms with Crippen LogP contribution in [-0.2, 0) is 0 Å². The van der Waals surface area contributed by atoms with Crippen LogP contribution in [0.15, 0.2) is 75.9 Å². The number of anilines is 1. The average molecular weight is 476 g/mol. The van der Waals surface area contributed by atoms with E-state index in [1.54, 1.807) is 47.4 Å². The summed E-state index contributed by atoms with van der Waals surface area (Å²) in [6.45, 7) is 2.10. The molecule has 0 atom stereocenters. The van der Waals surface area contributed by atoms with Crippen LogP contribution in [0.3, 0.4) is 0 Å². The van der Waals surface area contributed by atoms with E-state index in [0.29, 0.717) is 76.7 Å². The molecule has 5 aromatic rings. The van der Waals surface area contributed by atoms with Crippen LogP contribution in [0.2, 0.25) is 0 Å². The van der Waals surface area contributed by atoms with E-state index in [4.69, 9.17) is 9.68 Å². The number of oxazole rings is 1. The van der Waals surface area contributed by atoms with Crippen molar-refractivity contribution in [2.75, 3.05) is 31.1 Å². The first-order valence-electron chi connectivity index (χ1n) is 11.5. The third kappa shape index (κ3) is 3.84. The van der Waals surface area contributed by atoms with E-state index < -0.39 is 0 Å². The molecule has 0 unspecified atom stereocenters. The van der Waals surface area contributed by atoms with E-state index >= 15 is 0 Å². The van der Waals surface area contributed by atoms with Gasteiger partial charge in [0.1, 0.15) is 5.52 Å². The Bertz CT molecular complexity index is 1720. The molecule has 0 bridgehead atoms. The molecule has 0 radical (unpaired) electrons. The van der Waals surface area contributed by atoms with Crippen molar-refractivity contribution in [1.29, 1.82) is 5.26 Å². The van der Waals surface area contributed by atoms with Gasteiger partial charge in [0.25, 0.3) is 11.5 Å². The number of fused-ring (bicyclic) bond motifs is 2. The van der Waals surface area contributed by atoms with E-state index in [2.05, 4.69) is 21.0 Å². The number of aromatic nitrogens is 3. The monoisotopic (exact) mass is 476 g/mol. The van der Waals surface area contributed by atoms with Gasteiger partial charge >= 0.3 is 0 Å². The minimum Gasteiger partial charge on any atom is -0.436 e. The van der Waals surface area contributed by atoms with Crippen molar-refractivity contribution in [1.82, 2.24) is 19.9 Å². The van der Waals surface area contributed by atoms with Crippen LogP contribution in [-0.4, -0.2) is 51.9 Å². The van der Waals surface area contributed by atoms with Crippen molar-refractivity contribution in [2.24, 2.45) is 0 Å². The molecule has 176 valence electrons. The zero-order chi connectivity index (χ0) is 24.6. The Morgan fingerprint density at radius 3 is 2.61 bits per heavy atom. The fourth-order valence-corrected chi connectivity index (χ4v) is 4.43. The van der Waals surface area contributed by atoms with Crippen LogP contribution in [0.25, 0.3) is 33.5 Å². The predicted octanol–water partition coefficient (Wildman–Crippen LogP) is 3.57. The van der Waals surface area contributed by atoms with Gasteiger partial charge in [-0.15, -0.1) is 0 Å². The molecule has 9 heteroatoms. The number of nitrogens with one attached hydrogen (secondary N) is 1. The smallest absolute Gasteiger partial charge is 0.260 e. The minimum atomic E-state index is -0.173. The molecule has 2 aromatic heterocycles. The second kappa shape index (κ2) is 8.67. The van der Waals surface area contributed by atoms with Gasteiger partial charge in [0, 0.05) is 37.3 Å². The Hall–Kier alpha value is -4.97. The molecule has 3 aromatic carbocycles. The Balaban J connectivity index is 1.19. The number of nitriles is 1. The van der Waals surface area contributed by atoms with Gasteiger partial charge in [-0.3, -0.25) is 14.6 Å². The molecule has 1 aliphatic heterocycles. The SMILES string of the molecule is N#Cc1cccc(-c2nc3ccc(C(=O)N4CCN(c5nc6ccccc6c(=O)[nH]5)CC4)cc3o2)c1. The first-order chi connectivity index (χ1) is 17.6. The Morgan fingerprint density at radius 1 is 0.944 bits per heavy atom. The summed E-state index contributed by atoms with van der Waals surface area (Å²) in [5.74, 6) is 0.819. The lowest BCUT2D eigenvalue weighted by atomic mass is 10.1. The maximum atomic E-state index is 13.2. The van der Waals surface area contributed by atoms with Crippen LogP contribution >= 0.6 is 0 Å². The van der Waals surface area contributed by atoms with Gasteiger partial charge in [-0.05, 0) is 48.5 Å². The highest BCUT2D eigenvalue weighted by atomic mass is 16.3. The fourth-order valence-electron chi connectivity index (χ4n) is 4.43. The molecular weight excluding hydrogens is 456 g/mol. The van der Waals surface area contributed by atoms with Crippen molar-refractivity contribution in [3.8, 4) is 17.5 Å². The number of piperazine rings is 1. The number of hydrogen-bond acceptors (Lipinski definition) is 7. The van der Waals surface area contributed by atoms with Crippen molar-refractivity contribution in [3.63, 3.8) is 0 Å².